The molecule has 3 aliphatic carbocycles. The third-order valence-corrected chi connectivity index (χ3v) is 10.7. The van der Waals surface area contributed by atoms with Gasteiger partial charge in [0.2, 0.25) is 0 Å². The maximum Gasteiger partial charge on any atom is 0.197 e. The Morgan fingerprint density at radius 1 is 0.590 bits per heavy atom. The van der Waals surface area contributed by atoms with Crippen LogP contribution in [0.15, 0.2) is 71.8 Å². The number of Topliss-reactive ketones (excluding diaryl/α,β-unsaturated/α-hetero) is 4. The van der Waals surface area contributed by atoms with Crippen LogP contribution in [-0.2, 0) is 5.41 Å². The second kappa shape index (κ2) is 8.50. The van der Waals surface area contributed by atoms with Crippen LogP contribution in [0.4, 0.5) is 0 Å². The third-order valence-electron chi connectivity index (χ3n) is 8.33. The number of hydrogen-bond donors (Lipinski definition) is 0. The summed E-state index contributed by atoms with van der Waals surface area (Å²) in [5.41, 5.74) is 4.52. The molecule has 0 bridgehead atoms. The molecule has 0 unspecified atom stereocenters. The average Bonchev–Trinajstić information content (AvgIpc) is 3.72. The van der Waals surface area contributed by atoms with Crippen molar-refractivity contribution in [2.45, 2.75) is 32.1 Å². The van der Waals surface area contributed by atoms with Crippen LogP contribution < -0.4 is 0 Å². The van der Waals surface area contributed by atoms with Gasteiger partial charge >= 0.3 is 0 Å². The smallest absolute Gasteiger partial charge is 0.197 e. The van der Waals surface area contributed by atoms with Crippen LogP contribution in [0.2, 0.25) is 0 Å². The molecule has 0 spiro atoms. The Balaban J connectivity index is 1.31. The van der Waals surface area contributed by atoms with E-state index in [0.29, 0.717) is 22.3 Å². The van der Waals surface area contributed by atoms with Gasteiger partial charge in [0.05, 0.1) is 11.1 Å². The summed E-state index contributed by atoms with van der Waals surface area (Å²) < 4.78 is 0. The molecule has 7 rings (SSSR count). The van der Waals surface area contributed by atoms with Crippen LogP contribution in [0.25, 0.3) is 21.9 Å². The number of thiophene rings is 2. The summed E-state index contributed by atoms with van der Waals surface area (Å²) in [6.07, 6.45) is 5.26. The molecule has 0 aliphatic heterocycles. The van der Waals surface area contributed by atoms with Gasteiger partial charge in [-0.05, 0) is 48.3 Å². The first-order valence-electron chi connectivity index (χ1n) is 13.0. The summed E-state index contributed by atoms with van der Waals surface area (Å²) in [5, 5.41) is 0. The Labute approximate surface area is 233 Å². The van der Waals surface area contributed by atoms with Crippen LogP contribution in [0.5, 0.6) is 0 Å². The molecule has 3 aliphatic rings. The number of benzene rings is 2. The van der Waals surface area contributed by atoms with Gasteiger partial charge in [-0.15, -0.1) is 22.7 Å². The zero-order valence-electron chi connectivity index (χ0n) is 21.3. The number of carbonyl (C=O) groups is 4. The Kier molecular flexibility index (Phi) is 5.25. The minimum atomic E-state index is -0.223. The van der Waals surface area contributed by atoms with Crippen molar-refractivity contribution in [3.05, 3.63) is 115 Å². The number of hydrogen-bond acceptors (Lipinski definition) is 6. The second-order valence-electron chi connectivity index (χ2n) is 10.1. The predicted molar refractivity (Wildman–Crippen MR) is 155 cm³/mol. The monoisotopic (exact) mass is 546 g/mol. The fraction of sp³-hybridized carbons (Fsp3) is 0.152. The van der Waals surface area contributed by atoms with Crippen molar-refractivity contribution in [3.63, 3.8) is 0 Å². The van der Waals surface area contributed by atoms with E-state index in [1.54, 1.807) is 83.4 Å². The van der Waals surface area contributed by atoms with Crippen molar-refractivity contribution >= 4 is 58.0 Å². The van der Waals surface area contributed by atoms with E-state index in [-0.39, 0.29) is 39.7 Å². The number of fused-ring (bicyclic) bond motifs is 5. The van der Waals surface area contributed by atoms with Crippen molar-refractivity contribution in [2.24, 2.45) is 0 Å². The van der Waals surface area contributed by atoms with E-state index in [4.69, 9.17) is 0 Å². The zero-order valence-corrected chi connectivity index (χ0v) is 22.9. The zero-order chi connectivity index (χ0) is 27.1. The van der Waals surface area contributed by atoms with E-state index in [1.807, 2.05) is 0 Å². The molecule has 2 heterocycles. The van der Waals surface area contributed by atoms with Crippen LogP contribution in [0.3, 0.4) is 0 Å². The van der Waals surface area contributed by atoms with Crippen molar-refractivity contribution in [2.75, 3.05) is 0 Å². The average molecular weight is 547 g/mol. The molecule has 2 aromatic heterocycles. The SMILES string of the molecule is CCC1(CC)c2cc(C=C3C(=O)c4ccccc4C3=O)sc2-c2sc(C=C3C(=O)c4ccccc4C3=O)cc21. The van der Waals surface area contributed by atoms with Crippen LogP contribution in [0, 0.1) is 0 Å². The number of rotatable bonds is 4. The molecule has 190 valence electrons. The second-order valence-corrected chi connectivity index (χ2v) is 12.3. The van der Waals surface area contributed by atoms with E-state index < -0.39 is 0 Å². The standard InChI is InChI=1S/C33H22O4S2/c1-3-33(4-2)25-15-17(13-23-27(34)19-9-5-6-10-20(19)28(23)35)38-31(25)32-26(33)16-18(39-32)14-24-29(36)21-11-7-8-12-22(21)30(24)37/h5-16H,3-4H2,1-2H3. The van der Waals surface area contributed by atoms with E-state index >= 15 is 0 Å². The molecule has 6 heteroatoms. The topological polar surface area (TPSA) is 68.3 Å². The molecule has 0 fully saturated rings. The predicted octanol–water partition coefficient (Wildman–Crippen LogP) is 7.82. The molecular weight excluding hydrogens is 524 g/mol. The van der Waals surface area contributed by atoms with Crippen molar-refractivity contribution < 1.29 is 19.2 Å². The molecule has 0 amide bonds. The molecule has 39 heavy (non-hydrogen) atoms. The van der Waals surface area contributed by atoms with Crippen molar-refractivity contribution in [3.8, 4) is 9.75 Å². The highest BCUT2D eigenvalue weighted by atomic mass is 32.1. The highest BCUT2D eigenvalue weighted by Gasteiger charge is 2.44. The number of ketones is 4. The fourth-order valence-electron chi connectivity index (χ4n) is 6.26. The van der Waals surface area contributed by atoms with Gasteiger partial charge in [0, 0.05) is 47.2 Å². The summed E-state index contributed by atoms with van der Waals surface area (Å²) in [7, 11) is 0. The summed E-state index contributed by atoms with van der Waals surface area (Å²) >= 11 is 3.18. The minimum absolute atomic E-state index is 0.204. The number of allylic oxidation sites excluding steroid dienone is 2. The lowest BCUT2D eigenvalue weighted by Crippen LogP contribution is -2.22. The van der Waals surface area contributed by atoms with Gasteiger partial charge in [0.15, 0.2) is 23.1 Å². The first-order valence-corrected chi connectivity index (χ1v) is 14.6. The van der Waals surface area contributed by atoms with Gasteiger partial charge < -0.3 is 0 Å². The van der Waals surface area contributed by atoms with Crippen LogP contribution in [0.1, 0.15) is 89.0 Å². The lowest BCUT2D eigenvalue weighted by Gasteiger charge is -2.28. The van der Waals surface area contributed by atoms with Crippen molar-refractivity contribution in [1.29, 1.82) is 0 Å². The summed E-state index contributed by atoms with van der Waals surface area (Å²) in [5.74, 6) is -0.893. The van der Waals surface area contributed by atoms with Gasteiger partial charge in [-0.2, -0.15) is 0 Å². The third kappa shape index (κ3) is 3.22. The molecule has 0 saturated carbocycles. The quantitative estimate of drug-likeness (QED) is 0.193. The number of carbonyl (C=O) groups excluding carboxylic acids is 4. The van der Waals surface area contributed by atoms with Crippen LogP contribution >= 0.6 is 22.7 Å². The van der Waals surface area contributed by atoms with Gasteiger partial charge in [-0.25, -0.2) is 0 Å². The molecule has 0 atom stereocenters. The van der Waals surface area contributed by atoms with E-state index in [2.05, 4.69) is 26.0 Å². The summed E-state index contributed by atoms with van der Waals surface area (Å²) in [6, 6.07) is 18.2. The first-order chi connectivity index (χ1) is 18.9. The molecular formula is C33H22O4S2. The van der Waals surface area contributed by atoms with Gasteiger partial charge in [0.1, 0.15) is 0 Å². The van der Waals surface area contributed by atoms with E-state index in [9.17, 15) is 19.2 Å². The van der Waals surface area contributed by atoms with Gasteiger partial charge in [0.25, 0.3) is 0 Å². The summed E-state index contributed by atoms with van der Waals surface area (Å²) in [6.45, 7) is 4.35. The van der Waals surface area contributed by atoms with E-state index in [0.717, 1.165) is 32.4 Å². The Morgan fingerprint density at radius 2 is 0.923 bits per heavy atom. The lowest BCUT2D eigenvalue weighted by molar-refractivity contribution is 0.0975. The van der Waals surface area contributed by atoms with Gasteiger partial charge in [-0.3, -0.25) is 19.2 Å². The maximum absolute atomic E-state index is 13.0. The highest BCUT2D eigenvalue weighted by molar-refractivity contribution is 7.23. The molecule has 4 aromatic rings. The Morgan fingerprint density at radius 3 is 1.23 bits per heavy atom. The maximum atomic E-state index is 13.0. The molecule has 2 aromatic carbocycles. The highest BCUT2D eigenvalue weighted by Crippen LogP contribution is 2.59. The lowest BCUT2D eigenvalue weighted by atomic mass is 9.75. The molecule has 0 saturated heterocycles. The Hall–Kier alpha value is -4.00. The van der Waals surface area contributed by atoms with Crippen molar-refractivity contribution in [1.82, 2.24) is 0 Å². The van der Waals surface area contributed by atoms with Gasteiger partial charge in [-0.1, -0.05) is 62.4 Å². The molecule has 4 nitrogen and oxygen atoms in total. The fourth-order valence-corrected chi connectivity index (χ4v) is 8.82. The first kappa shape index (κ1) is 24.1. The summed E-state index contributed by atoms with van der Waals surface area (Å²) in [4.78, 5) is 56.0. The van der Waals surface area contributed by atoms with E-state index in [1.165, 1.54) is 11.1 Å². The largest absolute Gasteiger partial charge is 0.288 e. The normalized spacial score (nSPS) is 16.5. The Bertz CT molecular complexity index is 1650. The minimum Gasteiger partial charge on any atom is -0.288 e. The molecule has 0 radical (unpaired) electrons. The van der Waals surface area contributed by atoms with Crippen LogP contribution in [-0.4, -0.2) is 23.1 Å². The molecule has 0 N–H and O–H groups in total.